The molecule has 50 heavy (non-hydrogen) atoms. The van der Waals surface area contributed by atoms with Crippen LogP contribution in [0, 0.1) is 0 Å². The molecule has 258 valence electrons. The van der Waals surface area contributed by atoms with Crippen molar-refractivity contribution in [1.29, 1.82) is 0 Å². The molecule has 0 saturated carbocycles. The monoisotopic (exact) mass is 868 g/mol. The van der Waals surface area contributed by atoms with Crippen molar-refractivity contribution >= 4 is 72.7 Å². The molecular weight excluding hydrogens is 818 g/mol. The van der Waals surface area contributed by atoms with Gasteiger partial charge >= 0.3 is 319 Å². The van der Waals surface area contributed by atoms with Gasteiger partial charge < -0.3 is 0 Å². The van der Waals surface area contributed by atoms with Crippen molar-refractivity contribution in [2.24, 2.45) is 0 Å². The summed E-state index contributed by atoms with van der Waals surface area (Å²) in [5, 5.41) is 3.85. The number of unbranched alkanes of at least 4 members (excludes halogenated alkanes) is 7. The molecule has 6 rings (SSSR count). The minimum atomic E-state index is -3.05. The van der Waals surface area contributed by atoms with Gasteiger partial charge in [-0.15, -0.1) is 0 Å². The van der Waals surface area contributed by atoms with Crippen LogP contribution in [0.15, 0.2) is 182 Å². The van der Waals surface area contributed by atoms with Gasteiger partial charge in [0, 0.05) is 0 Å². The fourth-order valence-electron chi connectivity index (χ4n) is 7.10. The molecule has 0 amide bonds. The Morgan fingerprint density at radius 1 is 0.400 bits per heavy atom. The minimum absolute atomic E-state index is 1.01. The van der Waals surface area contributed by atoms with Gasteiger partial charge in [-0.25, -0.2) is 0 Å². The molecule has 0 unspecified atom stereocenters. The molecule has 0 heterocycles. The van der Waals surface area contributed by atoms with Crippen molar-refractivity contribution < 1.29 is 0 Å². The van der Waals surface area contributed by atoms with Crippen LogP contribution in [0.1, 0.15) is 58.3 Å². The normalized spacial score (nSPS) is 12.3. The van der Waals surface area contributed by atoms with Crippen molar-refractivity contribution in [3.8, 4) is 0 Å². The summed E-state index contributed by atoms with van der Waals surface area (Å²) in [6.45, 7) is 2.28. The fourth-order valence-corrected chi connectivity index (χ4v) is 27.1. The molecule has 6 aromatic carbocycles. The zero-order valence-corrected chi connectivity index (χ0v) is 35.5. The second-order valence-corrected chi connectivity index (χ2v) is 36.4. The zero-order chi connectivity index (χ0) is 35.0. The van der Waals surface area contributed by atoms with E-state index in [9.17, 15) is 0 Å². The molecule has 0 aliphatic rings. The van der Waals surface area contributed by atoms with Crippen LogP contribution in [0.5, 0.6) is 0 Å². The van der Waals surface area contributed by atoms with Crippen LogP contribution in [0.3, 0.4) is 0 Å². The first-order valence-corrected chi connectivity index (χ1v) is 32.3. The van der Waals surface area contributed by atoms with Gasteiger partial charge in [0.05, 0.1) is 0 Å². The molecule has 4 heteroatoms. The standard InChI is InChI=1S/C28H36ClP.3C6H5.BrH.Sn/c1-2-3-4-5-6-7-8-18-25-30(29,26-19-12-9-13-20-26,27-21-14-10-15-22-27)28-23-16-11-17-24-28;3*1-2-4-6-5-3-1;;/h9-17,19-24H,2-8,18,25H2,1H3;3*1-5H;1H;/q;;;;;+1/p-1. The second-order valence-electron chi connectivity index (χ2n) is 13.1. The van der Waals surface area contributed by atoms with E-state index in [1.54, 1.807) is 0 Å². The first-order chi connectivity index (χ1) is 24.5. The zero-order valence-electron chi connectivity index (χ0n) is 29.4. The van der Waals surface area contributed by atoms with Crippen molar-refractivity contribution in [1.82, 2.24) is 0 Å². The van der Waals surface area contributed by atoms with Crippen LogP contribution in [-0.4, -0.2) is 22.3 Å². The third-order valence-electron chi connectivity index (χ3n) is 9.83. The number of halogens is 2. The van der Waals surface area contributed by atoms with E-state index in [0.717, 1.165) is 12.6 Å². The summed E-state index contributed by atoms with van der Waals surface area (Å²) in [6.07, 6.45) is 11.5. The Labute approximate surface area is 316 Å². The Bertz CT molecular complexity index is 1610. The Morgan fingerprint density at radius 2 is 0.660 bits per heavy atom. The van der Waals surface area contributed by atoms with Gasteiger partial charge in [-0.3, -0.25) is 0 Å². The molecule has 0 aliphatic carbocycles. The van der Waals surface area contributed by atoms with Gasteiger partial charge in [0.1, 0.15) is 0 Å². The third kappa shape index (κ3) is 9.02. The Balaban J connectivity index is 0.000000210. The van der Waals surface area contributed by atoms with E-state index in [4.69, 9.17) is 11.2 Å². The summed E-state index contributed by atoms with van der Waals surface area (Å²) in [7, 11) is 0. The van der Waals surface area contributed by atoms with Gasteiger partial charge in [-0.2, -0.15) is 0 Å². The number of hydrogen-bond donors (Lipinski definition) is 0. The third-order valence-corrected chi connectivity index (χ3v) is 36.3. The summed E-state index contributed by atoms with van der Waals surface area (Å²) in [5.41, 5.74) is 0. The molecule has 0 atom stereocenters. The Hall–Kier alpha value is -2.68. The molecule has 0 N–H and O–H groups in total. The first kappa shape index (κ1) is 38.5. The molecule has 0 spiro atoms. The summed E-state index contributed by atoms with van der Waals surface area (Å²) in [4.78, 5) is 0. The van der Waals surface area contributed by atoms with E-state index >= 15 is 0 Å². The quantitative estimate of drug-likeness (QED) is 0.0548. The number of hydrogen-bond acceptors (Lipinski definition) is 0. The van der Waals surface area contributed by atoms with E-state index in [0.29, 0.717) is 0 Å². The van der Waals surface area contributed by atoms with Gasteiger partial charge in [0.25, 0.3) is 0 Å². The Kier molecular flexibility index (Phi) is 14.8. The predicted octanol–water partition coefficient (Wildman–Crippen LogP) is 10.9. The van der Waals surface area contributed by atoms with Crippen LogP contribution in [0.2, 0.25) is 0 Å². The number of rotatable bonds is 15. The van der Waals surface area contributed by atoms with Crippen molar-refractivity contribution in [3.63, 3.8) is 0 Å². The SMILES string of the molecule is CCCCCCCCCCP(Cl)(c1ccccc1)(c1ccccc1)c1ccccc1.[Br][Sn]([c]1ccccc1)([c]1ccccc1)[c]1ccccc1. The molecule has 0 nitrogen and oxygen atoms in total. The van der Waals surface area contributed by atoms with Crippen LogP contribution < -0.4 is 26.7 Å². The average molecular weight is 869 g/mol. The predicted molar refractivity (Wildman–Crippen MR) is 231 cm³/mol. The summed E-state index contributed by atoms with van der Waals surface area (Å²) in [5.74, 6) is -3.05. The summed E-state index contributed by atoms with van der Waals surface area (Å²) < 4.78 is 4.33. The molecule has 6 aromatic rings. The maximum atomic E-state index is 8.09. The van der Waals surface area contributed by atoms with Gasteiger partial charge in [-0.1, -0.05) is 0 Å². The summed E-state index contributed by atoms with van der Waals surface area (Å²) >= 11 is 9.34. The second kappa shape index (κ2) is 19.2. The van der Waals surface area contributed by atoms with Crippen LogP contribution in [0.25, 0.3) is 0 Å². The topological polar surface area (TPSA) is 0 Å². The van der Waals surface area contributed by atoms with Gasteiger partial charge in [0.15, 0.2) is 0 Å². The molecule has 0 bridgehead atoms. The fraction of sp³-hybridized carbons (Fsp3) is 0.217. The summed E-state index contributed by atoms with van der Waals surface area (Å²) in [6, 6.07) is 65.1. The van der Waals surface area contributed by atoms with E-state index < -0.39 is 22.1 Å². The molecule has 0 aliphatic heterocycles. The maximum absolute atomic E-state index is 8.09. The molecule has 0 aromatic heterocycles. The average Bonchev–Trinajstić information content (AvgIpc) is 3.21. The molecule has 0 fully saturated rings. The van der Waals surface area contributed by atoms with Crippen LogP contribution in [-0.2, 0) is 0 Å². The number of benzene rings is 6. The van der Waals surface area contributed by atoms with Crippen molar-refractivity contribution in [3.05, 3.63) is 182 Å². The molecule has 0 saturated heterocycles. The van der Waals surface area contributed by atoms with E-state index in [1.807, 2.05) is 0 Å². The van der Waals surface area contributed by atoms with Crippen LogP contribution in [0.4, 0.5) is 0 Å². The van der Waals surface area contributed by atoms with Crippen molar-refractivity contribution in [2.45, 2.75) is 58.3 Å². The van der Waals surface area contributed by atoms with E-state index in [2.05, 4.69) is 202 Å². The van der Waals surface area contributed by atoms with Gasteiger partial charge in [-0.05, 0) is 0 Å². The van der Waals surface area contributed by atoms with Crippen molar-refractivity contribution in [2.75, 3.05) is 6.16 Å². The first-order valence-electron chi connectivity index (χ1n) is 18.3. The Morgan fingerprint density at radius 3 is 0.960 bits per heavy atom. The van der Waals surface area contributed by atoms with E-state index in [1.165, 1.54) is 71.6 Å². The molecular formula is C46H51BrClPSn. The molecule has 0 radical (unpaired) electrons. The van der Waals surface area contributed by atoms with Crippen LogP contribution >= 0.6 is 29.9 Å². The van der Waals surface area contributed by atoms with Gasteiger partial charge in [0.2, 0.25) is 0 Å². The van der Waals surface area contributed by atoms with E-state index in [-0.39, 0.29) is 0 Å².